The van der Waals surface area contributed by atoms with Crippen LogP contribution in [0.15, 0.2) is 27.6 Å². The Bertz CT molecular complexity index is 1030. The van der Waals surface area contributed by atoms with Crippen LogP contribution in [0.4, 0.5) is 24.5 Å². The molecule has 0 aliphatic heterocycles. The van der Waals surface area contributed by atoms with Gasteiger partial charge in [-0.05, 0) is 60.2 Å². The minimum atomic E-state index is -3.21. The number of aliphatic hydroxyl groups excluding tert-OH is 2. The van der Waals surface area contributed by atoms with Crippen molar-refractivity contribution in [1.82, 2.24) is 0 Å². The summed E-state index contributed by atoms with van der Waals surface area (Å²) >= 11 is 1.96. The van der Waals surface area contributed by atoms with Gasteiger partial charge in [-0.25, -0.2) is 17.4 Å². The van der Waals surface area contributed by atoms with E-state index in [9.17, 15) is 22.5 Å². The first kappa shape index (κ1) is 24.2. The summed E-state index contributed by atoms with van der Waals surface area (Å²) < 4.78 is 64.6. The van der Waals surface area contributed by atoms with E-state index in [-0.39, 0.29) is 24.3 Å². The lowest BCUT2D eigenvalue weighted by molar-refractivity contribution is 0.0861. The van der Waals surface area contributed by atoms with Crippen molar-refractivity contribution in [1.29, 1.82) is 0 Å². The molecule has 11 heteroatoms. The second-order valence-electron chi connectivity index (χ2n) is 7.68. The first-order chi connectivity index (χ1) is 14.5. The Hall–Kier alpha value is -1.44. The molecule has 2 aliphatic carbocycles. The number of anilines is 2. The maximum Gasteiger partial charge on any atom is 0.184 e. The van der Waals surface area contributed by atoms with Gasteiger partial charge in [0.2, 0.25) is 0 Å². The number of halogens is 4. The van der Waals surface area contributed by atoms with Gasteiger partial charge in [0.15, 0.2) is 11.6 Å². The highest BCUT2D eigenvalue weighted by atomic mass is 127. The van der Waals surface area contributed by atoms with Gasteiger partial charge in [-0.3, -0.25) is 0 Å². The Morgan fingerprint density at radius 1 is 1.39 bits per heavy atom. The Morgan fingerprint density at radius 3 is 2.61 bits per heavy atom. The molecular formula is C20H24F3IN2O4S. The molecular weight excluding hydrogens is 548 g/mol. The summed E-state index contributed by atoms with van der Waals surface area (Å²) in [5.74, 6) is 0.562. The number of methoxy groups -OCH3 is 1. The molecule has 0 amide bonds. The van der Waals surface area contributed by atoms with Crippen molar-refractivity contribution < 1.29 is 32.3 Å². The van der Waals surface area contributed by atoms with Gasteiger partial charge in [-0.2, -0.15) is 0 Å². The largest absolute Gasteiger partial charge is 0.494 e. The quantitative estimate of drug-likeness (QED) is 0.268. The normalized spacial score (nSPS) is 22.6. The van der Waals surface area contributed by atoms with Gasteiger partial charge < -0.3 is 25.0 Å². The van der Waals surface area contributed by atoms with E-state index >= 15 is 0 Å². The van der Waals surface area contributed by atoms with E-state index in [1.165, 1.54) is 13.2 Å². The summed E-state index contributed by atoms with van der Waals surface area (Å²) in [5, 5.41) is 21.6. The van der Waals surface area contributed by atoms with E-state index in [1.54, 1.807) is 6.08 Å². The third-order valence-electron chi connectivity index (χ3n) is 5.47. The van der Waals surface area contributed by atoms with Gasteiger partial charge in [0.25, 0.3) is 0 Å². The van der Waals surface area contributed by atoms with Crippen LogP contribution in [0.5, 0.6) is 5.75 Å². The number of aliphatic hydroxyl groups is 2. The molecule has 6 nitrogen and oxygen atoms in total. The van der Waals surface area contributed by atoms with Gasteiger partial charge in [0.1, 0.15) is 23.0 Å². The average Bonchev–Trinajstić information content (AvgIpc) is 3.50. The number of hydrogen-bond acceptors (Lipinski definition) is 5. The van der Waals surface area contributed by atoms with Gasteiger partial charge in [-0.1, -0.05) is 6.08 Å². The standard InChI is InChI=1S/C20H24F3IN2O4S/c1-30-16-8-14(22)17(23)19(25-15-4-3-11(24)7-13(15)21)18(16)26-31(2,29)20(5-6-20)9-12(28)10-27/h3,7-8,12,15,25,27-28H,2,4-6,9-10H2,1H3,(H,26,29)/t12-,15?,31?/m1/s1. The number of ether oxygens (including phenoxy) is 1. The summed E-state index contributed by atoms with van der Waals surface area (Å²) in [4.78, 5) is 0. The van der Waals surface area contributed by atoms with Crippen LogP contribution in [0.1, 0.15) is 25.7 Å². The highest BCUT2D eigenvalue weighted by Crippen LogP contribution is 2.49. The van der Waals surface area contributed by atoms with E-state index in [2.05, 4.69) is 15.9 Å². The van der Waals surface area contributed by atoms with Crippen LogP contribution in [0.2, 0.25) is 0 Å². The fourth-order valence-electron chi connectivity index (χ4n) is 3.51. The van der Waals surface area contributed by atoms with Crippen molar-refractivity contribution >= 4 is 49.5 Å². The zero-order valence-electron chi connectivity index (χ0n) is 16.8. The average molecular weight is 572 g/mol. The second kappa shape index (κ2) is 9.20. The zero-order chi connectivity index (χ0) is 23.0. The first-order valence-corrected chi connectivity index (χ1v) is 12.3. The van der Waals surface area contributed by atoms with Crippen molar-refractivity contribution in [3.8, 4) is 5.75 Å². The molecule has 0 spiro atoms. The maximum atomic E-state index is 14.8. The molecule has 172 valence electrons. The van der Waals surface area contributed by atoms with E-state index in [0.29, 0.717) is 16.4 Å². The van der Waals surface area contributed by atoms with Crippen molar-refractivity contribution in [2.45, 2.75) is 42.6 Å². The lowest BCUT2D eigenvalue weighted by Gasteiger charge is -2.28. The lowest BCUT2D eigenvalue weighted by atomic mass is 10.1. The molecule has 4 N–H and O–H groups in total. The molecule has 2 aliphatic rings. The monoisotopic (exact) mass is 572 g/mol. The second-order valence-corrected chi connectivity index (χ2v) is 11.3. The van der Waals surface area contributed by atoms with Crippen LogP contribution in [0, 0.1) is 11.6 Å². The van der Waals surface area contributed by atoms with Gasteiger partial charge in [0.05, 0.1) is 40.3 Å². The Morgan fingerprint density at radius 2 is 2.06 bits per heavy atom. The molecule has 0 radical (unpaired) electrons. The number of benzene rings is 1. The number of allylic oxidation sites excluding steroid dienone is 2. The molecule has 1 fully saturated rings. The first-order valence-electron chi connectivity index (χ1n) is 9.52. The molecule has 31 heavy (non-hydrogen) atoms. The SMILES string of the molecule is C=S(=O)(Nc1c(OC)cc(F)c(F)c1NC1CC=C(I)C=C1F)C1(C[C@@H](O)CO)CC1. The summed E-state index contributed by atoms with van der Waals surface area (Å²) in [5.41, 5.74) is -0.575. The summed E-state index contributed by atoms with van der Waals surface area (Å²) in [6.45, 7) is -0.502. The molecule has 1 aromatic carbocycles. The van der Waals surface area contributed by atoms with E-state index in [0.717, 1.165) is 6.07 Å². The van der Waals surface area contributed by atoms with Crippen LogP contribution in [0.25, 0.3) is 0 Å². The Kier molecular flexibility index (Phi) is 7.18. The topological polar surface area (TPSA) is 90.8 Å². The number of hydrogen-bond donors (Lipinski definition) is 4. The minimum absolute atomic E-state index is 0.0246. The summed E-state index contributed by atoms with van der Waals surface area (Å²) in [6, 6.07) is -0.150. The molecule has 1 aromatic rings. The zero-order valence-corrected chi connectivity index (χ0v) is 19.7. The number of rotatable bonds is 9. The van der Waals surface area contributed by atoms with Crippen LogP contribution in [-0.4, -0.2) is 50.9 Å². The molecule has 2 unspecified atom stereocenters. The van der Waals surface area contributed by atoms with Gasteiger partial charge in [0, 0.05) is 9.65 Å². The molecule has 0 saturated heterocycles. The van der Waals surface area contributed by atoms with Gasteiger partial charge in [-0.15, -0.1) is 0 Å². The highest BCUT2D eigenvalue weighted by Gasteiger charge is 2.51. The van der Waals surface area contributed by atoms with Gasteiger partial charge >= 0.3 is 0 Å². The van der Waals surface area contributed by atoms with Crippen molar-refractivity contribution in [2.24, 2.45) is 0 Å². The molecule has 0 heterocycles. The molecule has 1 saturated carbocycles. The minimum Gasteiger partial charge on any atom is -0.494 e. The smallest absolute Gasteiger partial charge is 0.184 e. The van der Waals surface area contributed by atoms with E-state index in [4.69, 9.17) is 9.84 Å². The predicted molar refractivity (Wildman–Crippen MR) is 125 cm³/mol. The van der Waals surface area contributed by atoms with Crippen LogP contribution in [-0.2, 0) is 9.71 Å². The molecule has 3 atom stereocenters. The third-order valence-corrected chi connectivity index (χ3v) is 8.73. The maximum absolute atomic E-state index is 14.8. The van der Waals surface area contributed by atoms with E-state index < -0.39 is 56.4 Å². The van der Waals surface area contributed by atoms with Crippen molar-refractivity contribution in [3.05, 3.63) is 39.3 Å². The predicted octanol–water partition coefficient (Wildman–Crippen LogP) is 3.65. The van der Waals surface area contributed by atoms with Crippen LogP contribution >= 0.6 is 22.6 Å². The fraction of sp³-hybridized carbons (Fsp3) is 0.450. The Balaban J connectivity index is 2.00. The lowest BCUT2D eigenvalue weighted by Crippen LogP contribution is -2.35. The highest BCUT2D eigenvalue weighted by molar-refractivity contribution is 14.1. The van der Waals surface area contributed by atoms with Crippen molar-refractivity contribution in [3.63, 3.8) is 0 Å². The molecule has 3 rings (SSSR count). The Labute approximate surface area is 192 Å². The molecule has 0 aromatic heterocycles. The van der Waals surface area contributed by atoms with Crippen LogP contribution < -0.4 is 14.8 Å². The third kappa shape index (κ3) is 4.99. The summed E-state index contributed by atoms with van der Waals surface area (Å²) in [6.07, 6.45) is 3.09. The van der Waals surface area contributed by atoms with Crippen LogP contribution in [0.3, 0.4) is 0 Å². The number of nitrogens with one attached hydrogen (secondary N) is 2. The fourth-order valence-corrected chi connectivity index (χ4v) is 6.04. The summed E-state index contributed by atoms with van der Waals surface area (Å²) in [7, 11) is -1.97. The van der Waals surface area contributed by atoms with E-state index in [1.807, 2.05) is 22.6 Å². The van der Waals surface area contributed by atoms with Crippen molar-refractivity contribution in [2.75, 3.05) is 23.8 Å². The molecule has 0 bridgehead atoms.